The van der Waals surface area contributed by atoms with Gasteiger partial charge in [-0.1, -0.05) is 28.1 Å². The summed E-state index contributed by atoms with van der Waals surface area (Å²) >= 11 is 6.78. The van der Waals surface area contributed by atoms with Gasteiger partial charge in [-0.15, -0.1) is 0 Å². The SMILES string of the molecule is Cc1cc(NCc2cccc(Br)c2O)ccc1Br. The Balaban J connectivity index is 2.11. The quantitative estimate of drug-likeness (QED) is 0.810. The highest BCUT2D eigenvalue weighted by Crippen LogP contribution is 2.28. The predicted octanol–water partition coefficient (Wildman–Crippen LogP) is 4.84. The summed E-state index contributed by atoms with van der Waals surface area (Å²) in [5.74, 6) is 0.291. The minimum Gasteiger partial charge on any atom is -0.506 e. The Morgan fingerprint density at radius 2 is 1.89 bits per heavy atom. The summed E-state index contributed by atoms with van der Waals surface area (Å²) in [5, 5.41) is 13.2. The van der Waals surface area contributed by atoms with Crippen LogP contribution in [0.15, 0.2) is 45.3 Å². The van der Waals surface area contributed by atoms with Gasteiger partial charge in [0.05, 0.1) is 4.47 Å². The summed E-state index contributed by atoms with van der Waals surface area (Å²) in [4.78, 5) is 0. The molecular formula is C14H13Br2NO. The molecule has 0 saturated heterocycles. The topological polar surface area (TPSA) is 32.3 Å². The van der Waals surface area contributed by atoms with Gasteiger partial charge in [0.1, 0.15) is 5.75 Å². The van der Waals surface area contributed by atoms with Crippen molar-refractivity contribution in [2.24, 2.45) is 0 Å². The summed E-state index contributed by atoms with van der Waals surface area (Å²) in [6.07, 6.45) is 0. The lowest BCUT2D eigenvalue weighted by atomic mass is 10.2. The number of rotatable bonds is 3. The lowest BCUT2D eigenvalue weighted by Crippen LogP contribution is -2.00. The molecule has 0 unspecified atom stereocenters. The van der Waals surface area contributed by atoms with Crippen LogP contribution in [0.4, 0.5) is 5.69 Å². The molecule has 2 rings (SSSR count). The standard InChI is InChI=1S/C14H13Br2NO/c1-9-7-11(5-6-12(9)15)17-8-10-3-2-4-13(16)14(10)18/h2-7,17-18H,8H2,1H3. The van der Waals surface area contributed by atoms with Crippen LogP contribution < -0.4 is 5.32 Å². The average Bonchev–Trinajstić information content (AvgIpc) is 2.35. The molecule has 0 atom stereocenters. The van der Waals surface area contributed by atoms with E-state index in [1.54, 1.807) is 0 Å². The first-order valence-corrected chi connectivity index (χ1v) is 7.13. The average molecular weight is 371 g/mol. The molecule has 0 heterocycles. The number of phenolic OH excluding ortho intramolecular Hbond substituents is 1. The number of anilines is 1. The van der Waals surface area contributed by atoms with E-state index in [0.717, 1.165) is 15.7 Å². The zero-order chi connectivity index (χ0) is 13.1. The fourth-order valence-electron chi connectivity index (χ4n) is 1.65. The number of benzene rings is 2. The van der Waals surface area contributed by atoms with Crippen LogP contribution >= 0.6 is 31.9 Å². The van der Waals surface area contributed by atoms with Crippen molar-refractivity contribution >= 4 is 37.5 Å². The number of para-hydroxylation sites is 1. The third-order valence-electron chi connectivity index (χ3n) is 2.71. The second-order valence-corrected chi connectivity index (χ2v) is 5.77. The normalized spacial score (nSPS) is 10.4. The van der Waals surface area contributed by atoms with Gasteiger partial charge in [-0.3, -0.25) is 0 Å². The van der Waals surface area contributed by atoms with Crippen molar-refractivity contribution in [1.82, 2.24) is 0 Å². The van der Waals surface area contributed by atoms with E-state index in [-0.39, 0.29) is 0 Å². The van der Waals surface area contributed by atoms with Crippen molar-refractivity contribution in [2.45, 2.75) is 13.5 Å². The van der Waals surface area contributed by atoms with Crippen LogP contribution in [0, 0.1) is 6.92 Å². The van der Waals surface area contributed by atoms with E-state index in [9.17, 15) is 5.11 Å². The third kappa shape index (κ3) is 3.06. The van der Waals surface area contributed by atoms with Gasteiger partial charge in [-0.2, -0.15) is 0 Å². The van der Waals surface area contributed by atoms with Crippen molar-refractivity contribution in [2.75, 3.05) is 5.32 Å². The summed E-state index contributed by atoms with van der Waals surface area (Å²) in [6, 6.07) is 11.7. The van der Waals surface area contributed by atoms with E-state index in [4.69, 9.17) is 0 Å². The highest BCUT2D eigenvalue weighted by Gasteiger charge is 2.04. The number of aryl methyl sites for hydroxylation is 1. The van der Waals surface area contributed by atoms with Crippen LogP contribution in [0.2, 0.25) is 0 Å². The Morgan fingerprint density at radius 3 is 2.61 bits per heavy atom. The lowest BCUT2D eigenvalue weighted by Gasteiger charge is -2.10. The highest BCUT2D eigenvalue weighted by molar-refractivity contribution is 9.10. The minimum absolute atomic E-state index is 0.291. The Kier molecular flexibility index (Phi) is 4.30. The maximum Gasteiger partial charge on any atom is 0.134 e. The molecule has 0 aromatic heterocycles. The van der Waals surface area contributed by atoms with Crippen LogP contribution in [-0.4, -0.2) is 5.11 Å². The first-order valence-electron chi connectivity index (χ1n) is 5.54. The van der Waals surface area contributed by atoms with E-state index >= 15 is 0 Å². The minimum atomic E-state index is 0.291. The Bertz CT molecular complexity index is 570. The molecule has 0 spiro atoms. The van der Waals surface area contributed by atoms with Crippen molar-refractivity contribution < 1.29 is 5.11 Å². The Morgan fingerprint density at radius 1 is 1.11 bits per heavy atom. The van der Waals surface area contributed by atoms with E-state index < -0.39 is 0 Å². The number of hydrogen-bond donors (Lipinski definition) is 2. The van der Waals surface area contributed by atoms with Gasteiger partial charge in [0.25, 0.3) is 0 Å². The molecule has 0 bridgehead atoms. The lowest BCUT2D eigenvalue weighted by molar-refractivity contribution is 0.465. The molecule has 0 saturated carbocycles. The van der Waals surface area contributed by atoms with Gasteiger partial charge in [0.2, 0.25) is 0 Å². The summed E-state index contributed by atoms with van der Waals surface area (Å²) in [6.45, 7) is 2.64. The summed E-state index contributed by atoms with van der Waals surface area (Å²) < 4.78 is 1.81. The van der Waals surface area contributed by atoms with E-state index in [1.165, 1.54) is 5.56 Å². The fraction of sp³-hybridized carbons (Fsp3) is 0.143. The molecule has 0 aliphatic rings. The number of aromatic hydroxyl groups is 1. The van der Waals surface area contributed by atoms with Gasteiger partial charge in [-0.05, 0) is 52.7 Å². The predicted molar refractivity (Wildman–Crippen MR) is 82.0 cm³/mol. The molecule has 4 heteroatoms. The van der Waals surface area contributed by atoms with Gasteiger partial charge < -0.3 is 10.4 Å². The van der Waals surface area contributed by atoms with Crippen LogP contribution in [0.25, 0.3) is 0 Å². The molecule has 0 aliphatic heterocycles. The maximum atomic E-state index is 9.88. The highest BCUT2D eigenvalue weighted by atomic mass is 79.9. The number of hydrogen-bond acceptors (Lipinski definition) is 2. The van der Waals surface area contributed by atoms with Crippen LogP contribution in [0.5, 0.6) is 5.75 Å². The molecule has 0 fully saturated rings. The molecule has 94 valence electrons. The van der Waals surface area contributed by atoms with E-state index in [0.29, 0.717) is 16.8 Å². The smallest absolute Gasteiger partial charge is 0.134 e. The molecule has 0 radical (unpaired) electrons. The maximum absolute atomic E-state index is 9.88. The van der Waals surface area contributed by atoms with Crippen LogP contribution in [0.1, 0.15) is 11.1 Å². The van der Waals surface area contributed by atoms with Gasteiger partial charge in [0, 0.05) is 22.3 Å². The van der Waals surface area contributed by atoms with Crippen molar-refractivity contribution in [3.05, 3.63) is 56.5 Å². The number of phenols is 1. The number of halogens is 2. The molecule has 2 N–H and O–H groups in total. The van der Waals surface area contributed by atoms with Crippen LogP contribution in [-0.2, 0) is 6.54 Å². The molecule has 0 aliphatic carbocycles. The van der Waals surface area contributed by atoms with Crippen molar-refractivity contribution in [3.63, 3.8) is 0 Å². The molecule has 0 amide bonds. The molecular weight excluding hydrogens is 358 g/mol. The van der Waals surface area contributed by atoms with Crippen molar-refractivity contribution in [1.29, 1.82) is 0 Å². The fourth-order valence-corrected chi connectivity index (χ4v) is 2.31. The van der Waals surface area contributed by atoms with Crippen molar-refractivity contribution in [3.8, 4) is 5.75 Å². The molecule has 2 nitrogen and oxygen atoms in total. The summed E-state index contributed by atoms with van der Waals surface area (Å²) in [5.41, 5.74) is 3.08. The zero-order valence-electron chi connectivity index (χ0n) is 9.87. The Labute approximate surface area is 123 Å². The van der Waals surface area contributed by atoms with Gasteiger partial charge in [-0.25, -0.2) is 0 Å². The third-order valence-corrected chi connectivity index (χ3v) is 4.24. The molecule has 2 aromatic rings. The second-order valence-electron chi connectivity index (χ2n) is 4.07. The van der Waals surface area contributed by atoms with E-state index in [1.807, 2.05) is 37.3 Å². The number of nitrogens with one attached hydrogen (secondary N) is 1. The van der Waals surface area contributed by atoms with E-state index in [2.05, 4.69) is 43.2 Å². The first kappa shape index (κ1) is 13.4. The zero-order valence-corrected chi connectivity index (χ0v) is 13.0. The van der Waals surface area contributed by atoms with Gasteiger partial charge >= 0.3 is 0 Å². The monoisotopic (exact) mass is 369 g/mol. The second kappa shape index (κ2) is 5.76. The van der Waals surface area contributed by atoms with Gasteiger partial charge in [0.15, 0.2) is 0 Å². The Hall–Kier alpha value is -1.00. The first-order chi connectivity index (χ1) is 8.58. The summed E-state index contributed by atoms with van der Waals surface area (Å²) in [7, 11) is 0. The molecule has 18 heavy (non-hydrogen) atoms. The largest absolute Gasteiger partial charge is 0.506 e. The molecule has 2 aromatic carbocycles. The van der Waals surface area contributed by atoms with Crippen LogP contribution in [0.3, 0.4) is 0 Å².